The summed E-state index contributed by atoms with van der Waals surface area (Å²) in [6, 6.07) is 15.4. The van der Waals surface area contributed by atoms with E-state index in [1.54, 1.807) is 6.07 Å². The van der Waals surface area contributed by atoms with Crippen molar-refractivity contribution in [1.82, 2.24) is 5.32 Å². The molecule has 3 rings (SSSR count). The first-order valence-electron chi connectivity index (χ1n) is 8.64. The molecule has 1 N–H and O–H groups in total. The van der Waals surface area contributed by atoms with E-state index in [2.05, 4.69) is 24.4 Å². The molecule has 0 fully saturated rings. The molecule has 0 saturated carbocycles. The van der Waals surface area contributed by atoms with Crippen molar-refractivity contribution < 1.29 is 19.0 Å². The largest absolute Gasteiger partial charge is 0.492 e. The van der Waals surface area contributed by atoms with E-state index in [4.69, 9.17) is 14.2 Å². The average Bonchev–Trinajstić information content (AvgIpc) is 2.66. The van der Waals surface area contributed by atoms with Gasteiger partial charge in [0.2, 0.25) is 6.10 Å². The minimum atomic E-state index is -0.636. The second-order valence-corrected chi connectivity index (χ2v) is 5.90. The summed E-state index contributed by atoms with van der Waals surface area (Å²) < 4.78 is 16.9. The Balaban J connectivity index is 1.40. The van der Waals surface area contributed by atoms with Crippen molar-refractivity contribution in [2.45, 2.75) is 25.9 Å². The van der Waals surface area contributed by atoms with Gasteiger partial charge in [0.25, 0.3) is 5.91 Å². The van der Waals surface area contributed by atoms with Crippen LogP contribution in [-0.2, 0) is 11.2 Å². The fraction of sp³-hybridized carbons (Fsp3) is 0.350. The zero-order valence-electron chi connectivity index (χ0n) is 14.4. The first-order valence-corrected chi connectivity index (χ1v) is 8.64. The van der Waals surface area contributed by atoms with E-state index < -0.39 is 6.10 Å². The summed E-state index contributed by atoms with van der Waals surface area (Å²) in [5.41, 5.74) is 1.30. The molecule has 2 aromatic carbocycles. The molecule has 0 bridgehead atoms. The maximum Gasteiger partial charge on any atom is 0.264 e. The molecule has 132 valence electrons. The highest BCUT2D eigenvalue weighted by atomic mass is 16.6. The number of para-hydroxylation sites is 2. The number of aryl methyl sites for hydroxylation is 1. The highest BCUT2D eigenvalue weighted by Crippen LogP contribution is 2.30. The molecule has 1 amide bonds. The van der Waals surface area contributed by atoms with Crippen molar-refractivity contribution in [3.63, 3.8) is 0 Å². The van der Waals surface area contributed by atoms with Crippen LogP contribution in [0.3, 0.4) is 0 Å². The Morgan fingerprint density at radius 2 is 1.92 bits per heavy atom. The van der Waals surface area contributed by atoms with Gasteiger partial charge in [-0.3, -0.25) is 4.79 Å². The molecule has 1 atom stereocenters. The normalized spacial score (nSPS) is 15.5. The number of rotatable bonds is 7. The molecule has 0 saturated heterocycles. The fourth-order valence-corrected chi connectivity index (χ4v) is 2.65. The molecule has 0 radical (unpaired) electrons. The molecule has 1 heterocycles. The maximum atomic E-state index is 12.2. The minimum absolute atomic E-state index is 0.198. The molecule has 1 aliphatic rings. The van der Waals surface area contributed by atoms with E-state index in [0.717, 1.165) is 18.6 Å². The Labute approximate surface area is 147 Å². The number of amides is 1. The second-order valence-electron chi connectivity index (χ2n) is 5.90. The zero-order chi connectivity index (χ0) is 17.5. The molecule has 25 heavy (non-hydrogen) atoms. The van der Waals surface area contributed by atoms with Gasteiger partial charge in [-0.15, -0.1) is 0 Å². The predicted octanol–water partition coefficient (Wildman–Crippen LogP) is 2.97. The summed E-state index contributed by atoms with van der Waals surface area (Å²) in [6.45, 7) is 3.19. The molecule has 2 aromatic rings. The summed E-state index contributed by atoms with van der Waals surface area (Å²) in [5, 5.41) is 2.82. The summed E-state index contributed by atoms with van der Waals surface area (Å²) in [6.07, 6.45) is 1.57. The highest BCUT2D eigenvalue weighted by Gasteiger charge is 2.26. The van der Waals surface area contributed by atoms with Gasteiger partial charge in [0.05, 0.1) is 6.54 Å². The Hall–Kier alpha value is -2.69. The van der Waals surface area contributed by atoms with Crippen molar-refractivity contribution in [3.05, 3.63) is 54.1 Å². The number of nitrogens with one attached hydrogen (secondary N) is 1. The van der Waals surface area contributed by atoms with E-state index in [-0.39, 0.29) is 12.5 Å². The van der Waals surface area contributed by atoms with Gasteiger partial charge < -0.3 is 19.5 Å². The van der Waals surface area contributed by atoms with Gasteiger partial charge in [-0.25, -0.2) is 0 Å². The molecular formula is C20H23NO4. The van der Waals surface area contributed by atoms with E-state index in [9.17, 15) is 4.79 Å². The third kappa shape index (κ3) is 4.66. The Morgan fingerprint density at radius 3 is 2.68 bits per heavy atom. The van der Waals surface area contributed by atoms with Crippen LogP contribution in [0.4, 0.5) is 0 Å². The van der Waals surface area contributed by atoms with E-state index in [1.165, 1.54) is 5.56 Å². The Kier molecular flexibility index (Phi) is 5.77. The average molecular weight is 341 g/mol. The van der Waals surface area contributed by atoms with Crippen LogP contribution in [0.15, 0.2) is 48.5 Å². The third-order valence-corrected chi connectivity index (χ3v) is 3.93. The summed E-state index contributed by atoms with van der Waals surface area (Å²) >= 11 is 0. The number of ether oxygens (including phenoxy) is 3. The highest BCUT2D eigenvalue weighted by molar-refractivity contribution is 5.81. The molecular weight excluding hydrogens is 318 g/mol. The number of benzene rings is 2. The van der Waals surface area contributed by atoms with Crippen LogP contribution in [-0.4, -0.2) is 31.8 Å². The standard InChI is InChI=1S/C20H23NO4/c1-2-5-15-8-10-16(11-9-15)23-13-12-21-20(22)19-14-24-17-6-3-4-7-18(17)25-19/h3-4,6-11,19H,2,5,12-14H2,1H3,(H,21,22)/t19-/m0/s1. The topological polar surface area (TPSA) is 56.8 Å². The predicted molar refractivity (Wildman–Crippen MR) is 95.3 cm³/mol. The van der Waals surface area contributed by atoms with Crippen molar-refractivity contribution in [2.24, 2.45) is 0 Å². The third-order valence-electron chi connectivity index (χ3n) is 3.93. The quantitative estimate of drug-likeness (QED) is 0.787. The summed E-state index contributed by atoms with van der Waals surface area (Å²) in [7, 11) is 0. The van der Waals surface area contributed by atoms with Gasteiger partial charge in [-0.2, -0.15) is 0 Å². The fourth-order valence-electron chi connectivity index (χ4n) is 2.65. The van der Waals surface area contributed by atoms with Gasteiger partial charge in [0.1, 0.15) is 19.0 Å². The van der Waals surface area contributed by atoms with E-state index in [0.29, 0.717) is 24.7 Å². The first-order chi connectivity index (χ1) is 12.3. The van der Waals surface area contributed by atoms with E-state index >= 15 is 0 Å². The molecule has 5 nitrogen and oxygen atoms in total. The summed E-state index contributed by atoms with van der Waals surface area (Å²) in [5.74, 6) is 1.87. The maximum absolute atomic E-state index is 12.2. The molecule has 0 spiro atoms. The number of carbonyl (C=O) groups is 1. The zero-order valence-corrected chi connectivity index (χ0v) is 14.4. The number of fused-ring (bicyclic) bond motifs is 1. The summed E-state index contributed by atoms with van der Waals surface area (Å²) in [4.78, 5) is 12.2. The van der Waals surface area contributed by atoms with Gasteiger partial charge in [-0.05, 0) is 36.2 Å². The van der Waals surface area contributed by atoms with Gasteiger partial charge in [0.15, 0.2) is 11.5 Å². The molecule has 1 aliphatic heterocycles. The van der Waals surface area contributed by atoms with Crippen LogP contribution < -0.4 is 19.5 Å². The number of hydrogen-bond donors (Lipinski definition) is 1. The SMILES string of the molecule is CCCc1ccc(OCCNC(=O)[C@@H]2COc3ccccc3O2)cc1. The number of carbonyl (C=O) groups excluding carboxylic acids is 1. The molecule has 0 aliphatic carbocycles. The van der Waals surface area contributed by atoms with Crippen LogP contribution in [0.2, 0.25) is 0 Å². The van der Waals surface area contributed by atoms with Gasteiger partial charge in [0, 0.05) is 0 Å². The lowest BCUT2D eigenvalue weighted by atomic mass is 10.1. The van der Waals surface area contributed by atoms with Gasteiger partial charge >= 0.3 is 0 Å². The lowest BCUT2D eigenvalue weighted by Crippen LogP contribution is -2.45. The van der Waals surface area contributed by atoms with Crippen molar-refractivity contribution in [3.8, 4) is 17.2 Å². The number of hydrogen-bond acceptors (Lipinski definition) is 4. The van der Waals surface area contributed by atoms with Crippen LogP contribution >= 0.6 is 0 Å². The molecule has 0 aromatic heterocycles. The van der Waals surface area contributed by atoms with Crippen LogP contribution in [0, 0.1) is 0 Å². The lowest BCUT2D eigenvalue weighted by Gasteiger charge is -2.25. The Bertz CT molecular complexity index is 699. The second kappa shape index (κ2) is 8.42. The van der Waals surface area contributed by atoms with Crippen molar-refractivity contribution in [2.75, 3.05) is 19.8 Å². The smallest absolute Gasteiger partial charge is 0.264 e. The van der Waals surface area contributed by atoms with Gasteiger partial charge in [-0.1, -0.05) is 37.6 Å². The molecule has 0 unspecified atom stereocenters. The van der Waals surface area contributed by atoms with Crippen LogP contribution in [0.5, 0.6) is 17.2 Å². The molecule has 5 heteroatoms. The minimum Gasteiger partial charge on any atom is -0.492 e. The Morgan fingerprint density at radius 1 is 1.16 bits per heavy atom. The first kappa shape index (κ1) is 17.1. The monoisotopic (exact) mass is 341 g/mol. The van der Waals surface area contributed by atoms with Crippen molar-refractivity contribution in [1.29, 1.82) is 0 Å². The van der Waals surface area contributed by atoms with Crippen molar-refractivity contribution >= 4 is 5.91 Å². The lowest BCUT2D eigenvalue weighted by molar-refractivity contribution is -0.130. The van der Waals surface area contributed by atoms with Crippen LogP contribution in [0.1, 0.15) is 18.9 Å². The van der Waals surface area contributed by atoms with Crippen LogP contribution in [0.25, 0.3) is 0 Å². The van der Waals surface area contributed by atoms with E-state index in [1.807, 2.05) is 30.3 Å².